The summed E-state index contributed by atoms with van der Waals surface area (Å²) in [6, 6.07) is 11.9. The molecule has 1 heterocycles. The standard InChI is InChI=1S/C21H28ClNO2/c1-20(2,3)15-10-11-16(17(14-15)24-6)25-13-12-21(4,5)18-8-7-9-19(22)23-18/h7-11,14H,12-13H2,1-6H3. The Labute approximate surface area is 156 Å². The number of rotatable bonds is 6. The molecule has 0 radical (unpaired) electrons. The topological polar surface area (TPSA) is 31.4 Å². The number of aromatic nitrogens is 1. The van der Waals surface area contributed by atoms with Gasteiger partial charge in [-0.15, -0.1) is 0 Å². The highest BCUT2D eigenvalue weighted by Crippen LogP contribution is 2.34. The first-order valence-corrected chi connectivity index (χ1v) is 8.95. The third kappa shape index (κ3) is 5.12. The van der Waals surface area contributed by atoms with Gasteiger partial charge in [-0.25, -0.2) is 4.98 Å². The van der Waals surface area contributed by atoms with Crippen LogP contribution >= 0.6 is 11.6 Å². The van der Waals surface area contributed by atoms with E-state index < -0.39 is 0 Å². The van der Waals surface area contributed by atoms with Crippen molar-refractivity contribution in [1.82, 2.24) is 4.98 Å². The van der Waals surface area contributed by atoms with Crippen molar-refractivity contribution in [2.45, 2.75) is 51.9 Å². The van der Waals surface area contributed by atoms with Crippen LogP contribution in [0.3, 0.4) is 0 Å². The Morgan fingerprint density at radius 2 is 1.72 bits per heavy atom. The van der Waals surface area contributed by atoms with Crippen LogP contribution in [0.2, 0.25) is 5.15 Å². The van der Waals surface area contributed by atoms with Gasteiger partial charge in [0.2, 0.25) is 0 Å². The summed E-state index contributed by atoms with van der Waals surface area (Å²) in [6.45, 7) is 11.4. The summed E-state index contributed by atoms with van der Waals surface area (Å²) < 4.78 is 11.5. The number of nitrogens with zero attached hydrogens (tertiary/aromatic N) is 1. The Balaban J connectivity index is 2.06. The van der Waals surface area contributed by atoms with Crippen molar-refractivity contribution in [3.05, 3.63) is 52.8 Å². The monoisotopic (exact) mass is 361 g/mol. The second kappa shape index (κ2) is 7.65. The number of hydrogen-bond acceptors (Lipinski definition) is 3. The average Bonchev–Trinajstić information content (AvgIpc) is 2.54. The Kier molecular flexibility index (Phi) is 5.99. The molecule has 0 bridgehead atoms. The number of halogens is 1. The van der Waals surface area contributed by atoms with Crippen molar-refractivity contribution in [2.75, 3.05) is 13.7 Å². The number of ether oxygens (including phenoxy) is 2. The quantitative estimate of drug-likeness (QED) is 0.610. The summed E-state index contributed by atoms with van der Waals surface area (Å²) in [5, 5.41) is 0.519. The van der Waals surface area contributed by atoms with E-state index in [0.29, 0.717) is 11.8 Å². The average molecular weight is 362 g/mol. The third-order valence-corrected chi connectivity index (χ3v) is 4.63. The molecule has 0 saturated carbocycles. The van der Waals surface area contributed by atoms with Crippen molar-refractivity contribution < 1.29 is 9.47 Å². The van der Waals surface area contributed by atoms with Crippen LogP contribution in [0, 0.1) is 0 Å². The molecule has 0 atom stereocenters. The van der Waals surface area contributed by atoms with Gasteiger partial charge in [-0.2, -0.15) is 0 Å². The minimum Gasteiger partial charge on any atom is -0.493 e. The van der Waals surface area contributed by atoms with Crippen LogP contribution in [0.4, 0.5) is 0 Å². The molecule has 0 N–H and O–H groups in total. The van der Waals surface area contributed by atoms with E-state index >= 15 is 0 Å². The smallest absolute Gasteiger partial charge is 0.161 e. The molecule has 136 valence electrons. The van der Waals surface area contributed by atoms with E-state index in [0.717, 1.165) is 23.6 Å². The van der Waals surface area contributed by atoms with Crippen molar-refractivity contribution in [3.8, 4) is 11.5 Å². The molecular weight excluding hydrogens is 334 g/mol. The molecule has 0 fully saturated rings. The summed E-state index contributed by atoms with van der Waals surface area (Å²) in [7, 11) is 1.68. The molecular formula is C21H28ClNO2. The lowest BCUT2D eigenvalue weighted by Gasteiger charge is -2.25. The lowest BCUT2D eigenvalue weighted by molar-refractivity contribution is 0.257. The molecule has 0 aliphatic rings. The van der Waals surface area contributed by atoms with Gasteiger partial charge in [0.05, 0.1) is 13.7 Å². The maximum Gasteiger partial charge on any atom is 0.161 e. The first kappa shape index (κ1) is 19.6. The maximum atomic E-state index is 6.01. The molecule has 4 heteroatoms. The van der Waals surface area contributed by atoms with E-state index in [1.807, 2.05) is 18.2 Å². The summed E-state index contributed by atoms with van der Waals surface area (Å²) in [5.41, 5.74) is 2.15. The van der Waals surface area contributed by atoms with Gasteiger partial charge in [-0.1, -0.05) is 58.4 Å². The molecule has 0 saturated heterocycles. The molecule has 0 amide bonds. The summed E-state index contributed by atoms with van der Waals surface area (Å²) >= 11 is 6.01. The molecule has 1 aromatic heterocycles. The van der Waals surface area contributed by atoms with E-state index in [1.165, 1.54) is 5.56 Å². The van der Waals surface area contributed by atoms with Gasteiger partial charge in [0.1, 0.15) is 5.15 Å². The second-order valence-electron chi connectivity index (χ2n) is 7.94. The first-order valence-electron chi connectivity index (χ1n) is 8.58. The third-order valence-electron chi connectivity index (χ3n) is 4.42. The molecule has 1 aromatic carbocycles. The highest BCUT2D eigenvalue weighted by Gasteiger charge is 2.23. The normalized spacial score (nSPS) is 12.1. The highest BCUT2D eigenvalue weighted by atomic mass is 35.5. The minimum atomic E-state index is -0.122. The van der Waals surface area contributed by atoms with Crippen LogP contribution in [0.5, 0.6) is 11.5 Å². The van der Waals surface area contributed by atoms with Gasteiger partial charge in [-0.05, 0) is 41.7 Å². The van der Waals surface area contributed by atoms with Gasteiger partial charge in [0.15, 0.2) is 11.5 Å². The SMILES string of the molecule is COc1cc(C(C)(C)C)ccc1OCCC(C)(C)c1cccc(Cl)n1. The van der Waals surface area contributed by atoms with Gasteiger partial charge < -0.3 is 9.47 Å². The molecule has 25 heavy (non-hydrogen) atoms. The maximum absolute atomic E-state index is 6.01. The van der Waals surface area contributed by atoms with Crippen LogP contribution in [-0.4, -0.2) is 18.7 Å². The van der Waals surface area contributed by atoms with E-state index in [1.54, 1.807) is 13.2 Å². The molecule has 0 spiro atoms. The Morgan fingerprint density at radius 1 is 1.00 bits per heavy atom. The number of benzene rings is 1. The summed E-state index contributed by atoms with van der Waals surface area (Å²) in [6.07, 6.45) is 0.824. The van der Waals surface area contributed by atoms with Crippen LogP contribution in [0.25, 0.3) is 0 Å². The molecule has 3 nitrogen and oxygen atoms in total. The fraction of sp³-hybridized carbons (Fsp3) is 0.476. The van der Waals surface area contributed by atoms with Crippen molar-refractivity contribution in [1.29, 1.82) is 0 Å². The predicted molar refractivity (Wildman–Crippen MR) is 104 cm³/mol. The Hall–Kier alpha value is -1.74. The van der Waals surface area contributed by atoms with Crippen LogP contribution in [0.15, 0.2) is 36.4 Å². The second-order valence-corrected chi connectivity index (χ2v) is 8.33. The van der Waals surface area contributed by atoms with Gasteiger partial charge in [0, 0.05) is 11.1 Å². The number of methoxy groups -OCH3 is 1. The molecule has 2 aromatic rings. The first-order chi connectivity index (χ1) is 11.6. The van der Waals surface area contributed by atoms with E-state index in [4.69, 9.17) is 21.1 Å². The number of pyridine rings is 1. The zero-order valence-corrected chi connectivity index (χ0v) is 16.8. The Morgan fingerprint density at radius 3 is 2.32 bits per heavy atom. The minimum absolute atomic E-state index is 0.0754. The zero-order valence-electron chi connectivity index (χ0n) is 16.0. The van der Waals surface area contributed by atoms with E-state index in [-0.39, 0.29) is 10.8 Å². The fourth-order valence-corrected chi connectivity index (χ4v) is 2.75. The van der Waals surface area contributed by atoms with Crippen molar-refractivity contribution in [2.24, 2.45) is 0 Å². The zero-order chi connectivity index (χ0) is 18.7. The van der Waals surface area contributed by atoms with Crippen LogP contribution in [0.1, 0.15) is 52.3 Å². The van der Waals surface area contributed by atoms with E-state index in [2.05, 4.69) is 51.7 Å². The fourth-order valence-electron chi connectivity index (χ4n) is 2.58. The van der Waals surface area contributed by atoms with Crippen LogP contribution < -0.4 is 9.47 Å². The predicted octanol–water partition coefficient (Wildman–Crippen LogP) is 5.79. The van der Waals surface area contributed by atoms with Gasteiger partial charge in [-0.3, -0.25) is 0 Å². The largest absolute Gasteiger partial charge is 0.493 e. The van der Waals surface area contributed by atoms with Gasteiger partial charge >= 0.3 is 0 Å². The van der Waals surface area contributed by atoms with Gasteiger partial charge in [0.25, 0.3) is 0 Å². The number of hydrogen-bond donors (Lipinski definition) is 0. The van der Waals surface area contributed by atoms with Crippen molar-refractivity contribution >= 4 is 11.6 Å². The summed E-state index contributed by atoms with van der Waals surface area (Å²) in [4.78, 5) is 4.43. The van der Waals surface area contributed by atoms with E-state index in [9.17, 15) is 0 Å². The molecule has 0 unspecified atom stereocenters. The lowest BCUT2D eigenvalue weighted by Crippen LogP contribution is -2.22. The van der Waals surface area contributed by atoms with Crippen LogP contribution in [-0.2, 0) is 10.8 Å². The molecule has 0 aliphatic heterocycles. The highest BCUT2D eigenvalue weighted by molar-refractivity contribution is 6.29. The summed E-state index contributed by atoms with van der Waals surface area (Å²) in [5.74, 6) is 1.54. The molecule has 0 aliphatic carbocycles. The lowest BCUT2D eigenvalue weighted by atomic mass is 9.85. The van der Waals surface area contributed by atoms with Crippen molar-refractivity contribution in [3.63, 3.8) is 0 Å². The molecule has 2 rings (SSSR count). The Bertz CT molecular complexity index is 720.